The van der Waals surface area contributed by atoms with Gasteiger partial charge in [-0.1, -0.05) is 31.0 Å². The predicted molar refractivity (Wildman–Crippen MR) is 74.2 cm³/mol. The average Bonchev–Trinajstić information content (AvgIpc) is 2.85. The standard InChI is InChI=1S/C15H24N2O/c1-11(2)18-14-10-6-5-9-13(14)15(17-16)12-7-3-4-8-12/h5-6,9-12,15,17H,3-4,7-8,16H2,1-2H3. The van der Waals surface area contributed by atoms with Crippen LogP contribution in [-0.2, 0) is 0 Å². The lowest BCUT2D eigenvalue weighted by atomic mass is 9.91. The molecule has 1 aromatic rings. The summed E-state index contributed by atoms with van der Waals surface area (Å²) >= 11 is 0. The zero-order chi connectivity index (χ0) is 13.0. The first-order valence-corrected chi connectivity index (χ1v) is 6.94. The lowest BCUT2D eigenvalue weighted by molar-refractivity contribution is 0.233. The van der Waals surface area contributed by atoms with E-state index in [1.54, 1.807) is 0 Å². The third-order valence-electron chi connectivity index (χ3n) is 3.67. The number of ether oxygens (including phenoxy) is 1. The Balaban J connectivity index is 2.23. The number of rotatable bonds is 5. The smallest absolute Gasteiger partial charge is 0.124 e. The maximum atomic E-state index is 5.89. The molecule has 3 N–H and O–H groups in total. The van der Waals surface area contributed by atoms with E-state index in [0.717, 1.165) is 5.75 Å². The molecular formula is C15H24N2O. The monoisotopic (exact) mass is 248 g/mol. The van der Waals surface area contributed by atoms with Crippen LogP contribution in [0.1, 0.15) is 51.1 Å². The second kappa shape index (κ2) is 6.21. The normalized spacial score (nSPS) is 18.2. The van der Waals surface area contributed by atoms with Gasteiger partial charge in [0.05, 0.1) is 12.1 Å². The zero-order valence-electron chi connectivity index (χ0n) is 11.4. The molecule has 2 rings (SSSR count). The highest BCUT2D eigenvalue weighted by atomic mass is 16.5. The Morgan fingerprint density at radius 2 is 1.89 bits per heavy atom. The van der Waals surface area contributed by atoms with E-state index in [4.69, 9.17) is 10.6 Å². The van der Waals surface area contributed by atoms with Crippen LogP contribution in [0.15, 0.2) is 24.3 Å². The van der Waals surface area contributed by atoms with Gasteiger partial charge in [0, 0.05) is 5.56 Å². The molecule has 0 spiro atoms. The van der Waals surface area contributed by atoms with Crippen molar-refractivity contribution in [1.29, 1.82) is 0 Å². The first-order valence-electron chi connectivity index (χ1n) is 6.94. The zero-order valence-corrected chi connectivity index (χ0v) is 11.4. The summed E-state index contributed by atoms with van der Waals surface area (Å²) in [5, 5.41) is 0. The fourth-order valence-corrected chi connectivity index (χ4v) is 2.87. The van der Waals surface area contributed by atoms with Gasteiger partial charge in [-0.25, -0.2) is 0 Å². The van der Waals surface area contributed by atoms with Crippen LogP contribution < -0.4 is 16.0 Å². The van der Waals surface area contributed by atoms with Crippen molar-refractivity contribution in [3.8, 4) is 5.75 Å². The molecule has 0 bridgehead atoms. The summed E-state index contributed by atoms with van der Waals surface area (Å²) in [6.45, 7) is 4.11. The van der Waals surface area contributed by atoms with Gasteiger partial charge in [0.15, 0.2) is 0 Å². The fraction of sp³-hybridized carbons (Fsp3) is 0.600. The number of benzene rings is 1. The van der Waals surface area contributed by atoms with Crippen LogP contribution in [0, 0.1) is 5.92 Å². The minimum Gasteiger partial charge on any atom is -0.491 e. The number of nitrogens with one attached hydrogen (secondary N) is 1. The fourth-order valence-electron chi connectivity index (χ4n) is 2.87. The number of hydrogen-bond acceptors (Lipinski definition) is 3. The molecule has 0 radical (unpaired) electrons. The Hall–Kier alpha value is -1.06. The largest absolute Gasteiger partial charge is 0.491 e. The highest BCUT2D eigenvalue weighted by Crippen LogP contribution is 2.38. The van der Waals surface area contributed by atoms with E-state index in [1.807, 2.05) is 12.1 Å². The Morgan fingerprint density at radius 1 is 1.22 bits per heavy atom. The molecule has 1 fully saturated rings. The maximum Gasteiger partial charge on any atom is 0.124 e. The van der Waals surface area contributed by atoms with E-state index in [2.05, 4.69) is 31.4 Å². The van der Waals surface area contributed by atoms with Gasteiger partial charge in [-0.2, -0.15) is 0 Å². The van der Waals surface area contributed by atoms with Crippen LogP contribution in [-0.4, -0.2) is 6.10 Å². The molecule has 0 saturated heterocycles. The summed E-state index contributed by atoms with van der Waals surface area (Å²) in [7, 11) is 0. The summed E-state index contributed by atoms with van der Waals surface area (Å²) in [6, 6.07) is 8.45. The van der Waals surface area contributed by atoms with E-state index in [-0.39, 0.29) is 12.1 Å². The van der Waals surface area contributed by atoms with E-state index in [0.29, 0.717) is 5.92 Å². The van der Waals surface area contributed by atoms with Crippen molar-refractivity contribution in [3.63, 3.8) is 0 Å². The van der Waals surface area contributed by atoms with Crippen molar-refractivity contribution >= 4 is 0 Å². The summed E-state index contributed by atoms with van der Waals surface area (Å²) in [5.74, 6) is 7.37. The first-order chi connectivity index (χ1) is 8.72. The highest BCUT2D eigenvalue weighted by molar-refractivity contribution is 5.36. The number of nitrogens with two attached hydrogens (primary N) is 1. The lowest BCUT2D eigenvalue weighted by Gasteiger charge is -2.25. The molecule has 1 aliphatic carbocycles. The molecule has 1 unspecified atom stereocenters. The number of hydrogen-bond donors (Lipinski definition) is 2. The highest BCUT2D eigenvalue weighted by Gasteiger charge is 2.27. The van der Waals surface area contributed by atoms with E-state index >= 15 is 0 Å². The molecule has 1 atom stereocenters. The predicted octanol–water partition coefficient (Wildman–Crippen LogP) is 3.17. The van der Waals surface area contributed by atoms with Gasteiger partial charge in [-0.05, 0) is 38.7 Å². The van der Waals surface area contributed by atoms with Crippen LogP contribution in [0.2, 0.25) is 0 Å². The molecular weight excluding hydrogens is 224 g/mol. The molecule has 18 heavy (non-hydrogen) atoms. The summed E-state index contributed by atoms with van der Waals surface area (Å²) < 4.78 is 5.89. The molecule has 1 aliphatic rings. The molecule has 1 aromatic carbocycles. The van der Waals surface area contributed by atoms with E-state index in [1.165, 1.54) is 31.2 Å². The van der Waals surface area contributed by atoms with Crippen LogP contribution in [0.4, 0.5) is 0 Å². The van der Waals surface area contributed by atoms with Crippen molar-refractivity contribution in [3.05, 3.63) is 29.8 Å². The van der Waals surface area contributed by atoms with Crippen LogP contribution in [0.5, 0.6) is 5.75 Å². The molecule has 1 saturated carbocycles. The summed E-state index contributed by atoms with van der Waals surface area (Å²) in [5.41, 5.74) is 4.19. The van der Waals surface area contributed by atoms with Crippen molar-refractivity contribution in [2.75, 3.05) is 0 Å². The first kappa shape index (κ1) is 13.4. The minimum atomic E-state index is 0.188. The van der Waals surface area contributed by atoms with Gasteiger partial charge in [0.2, 0.25) is 0 Å². The number of para-hydroxylation sites is 1. The topological polar surface area (TPSA) is 47.3 Å². The molecule has 0 aromatic heterocycles. The van der Waals surface area contributed by atoms with Crippen LogP contribution in [0.3, 0.4) is 0 Å². The summed E-state index contributed by atoms with van der Waals surface area (Å²) in [4.78, 5) is 0. The molecule has 3 heteroatoms. The molecule has 0 heterocycles. The van der Waals surface area contributed by atoms with E-state index < -0.39 is 0 Å². The Morgan fingerprint density at radius 3 is 2.50 bits per heavy atom. The minimum absolute atomic E-state index is 0.188. The van der Waals surface area contributed by atoms with Gasteiger partial charge in [-0.3, -0.25) is 11.3 Å². The second-order valence-electron chi connectivity index (χ2n) is 5.39. The van der Waals surface area contributed by atoms with Crippen LogP contribution >= 0.6 is 0 Å². The van der Waals surface area contributed by atoms with Crippen molar-refractivity contribution in [1.82, 2.24) is 5.43 Å². The van der Waals surface area contributed by atoms with Gasteiger partial charge >= 0.3 is 0 Å². The molecule has 3 nitrogen and oxygen atoms in total. The van der Waals surface area contributed by atoms with E-state index in [9.17, 15) is 0 Å². The Bertz CT molecular complexity index is 373. The molecule has 100 valence electrons. The number of hydrazine groups is 1. The maximum absolute atomic E-state index is 5.89. The SMILES string of the molecule is CC(C)Oc1ccccc1C(NN)C1CCCC1. The van der Waals surface area contributed by atoms with Gasteiger partial charge < -0.3 is 4.74 Å². The average molecular weight is 248 g/mol. The van der Waals surface area contributed by atoms with Gasteiger partial charge in [0.1, 0.15) is 5.75 Å². The molecule has 0 amide bonds. The lowest BCUT2D eigenvalue weighted by Crippen LogP contribution is -2.33. The molecule has 0 aliphatic heterocycles. The van der Waals surface area contributed by atoms with Crippen molar-refractivity contribution < 1.29 is 4.74 Å². The van der Waals surface area contributed by atoms with Crippen molar-refractivity contribution in [2.24, 2.45) is 11.8 Å². The second-order valence-corrected chi connectivity index (χ2v) is 5.39. The third-order valence-corrected chi connectivity index (χ3v) is 3.67. The Kier molecular flexibility index (Phi) is 4.61. The van der Waals surface area contributed by atoms with Gasteiger partial charge in [-0.15, -0.1) is 0 Å². The third kappa shape index (κ3) is 3.03. The quantitative estimate of drug-likeness (QED) is 0.621. The Labute approximate surface area is 110 Å². The van der Waals surface area contributed by atoms with Gasteiger partial charge in [0.25, 0.3) is 0 Å². The van der Waals surface area contributed by atoms with Crippen LogP contribution in [0.25, 0.3) is 0 Å². The van der Waals surface area contributed by atoms with Crippen molar-refractivity contribution in [2.45, 2.75) is 51.7 Å². The summed E-state index contributed by atoms with van der Waals surface area (Å²) in [6.07, 6.45) is 5.33.